The third-order valence-corrected chi connectivity index (χ3v) is 4.46. The summed E-state index contributed by atoms with van der Waals surface area (Å²) >= 11 is 5.99. The van der Waals surface area contributed by atoms with Crippen LogP contribution in [0.15, 0.2) is 23.0 Å². The molecule has 1 unspecified atom stereocenters. The van der Waals surface area contributed by atoms with Crippen LogP contribution in [0.25, 0.3) is 10.9 Å². The Balaban J connectivity index is 2.54. The van der Waals surface area contributed by atoms with Crippen LogP contribution in [0, 0.1) is 5.92 Å². The highest BCUT2D eigenvalue weighted by atomic mass is 35.5. The van der Waals surface area contributed by atoms with Crippen LogP contribution < -0.4 is 5.56 Å². The van der Waals surface area contributed by atoms with Gasteiger partial charge in [0.2, 0.25) is 5.91 Å². The van der Waals surface area contributed by atoms with Crippen molar-refractivity contribution in [2.75, 3.05) is 20.3 Å². The lowest BCUT2D eigenvalue weighted by Crippen LogP contribution is -2.41. The van der Waals surface area contributed by atoms with Crippen molar-refractivity contribution in [3.8, 4) is 0 Å². The molecule has 0 N–H and O–H groups in total. The van der Waals surface area contributed by atoms with Crippen molar-refractivity contribution in [1.82, 2.24) is 14.5 Å². The molecule has 0 saturated carbocycles. The maximum absolute atomic E-state index is 12.7. The predicted octanol–water partition coefficient (Wildman–Crippen LogP) is 2.78. The summed E-state index contributed by atoms with van der Waals surface area (Å²) in [7, 11) is 3.26. The highest BCUT2D eigenvalue weighted by Crippen LogP contribution is 2.22. The molecule has 6 nitrogen and oxygen atoms in total. The smallest absolute Gasteiger partial charge is 0.261 e. The van der Waals surface area contributed by atoms with Gasteiger partial charge in [-0.2, -0.15) is 0 Å². The first-order valence-electron chi connectivity index (χ1n) is 8.23. The minimum absolute atomic E-state index is 0.00463. The van der Waals surface area contributed by atoms with Gasteiger partial charge in [-0.1, -0.05) is 25.4 Å². The molecule has 1 amide bonds. The molecule has 0 aliphatic carbocycles. The van der Waals surface area contributed by atoms with Crippen LogP contribution in [0.4, 0.5) is 0 Å². The second-order valence-electron chi connectivity index (χ2n) is 6.35. The van der Waals surface area contributed by atoms with E-state index >= 15 is 0 Å². The fourth-order valence-corrected chi connectivity index (χ4v) is 2.96. The van der Waals surface area contributed by atoms with Crippen LogP contribution in [-0.2, 0) is 16.6 Å². The fraction of sp³-hybridized carbons (Fsp3) is 0.500. The van der Waals surface area contributed by atoms with E-state index < -0.39 is 0 Å². The number of halogens is 1. The van der Waals surface area contributed by atoms with E-state index in [0.717, 1.165) is 0 Å². The van der Waals surface area contributed by atoms with Crippen molar-refractivity contribution < 1.29 is 9.53 Å². The number of carbonyl (C=O) groups excluding carboxylic acids is 1. The number of nitrogens with zero attached hydrogens (tertiary/aromatic N) is 3. The number of benzene rings is 1. The number of rotatable bonds is 6. The monoisotopic (exact) mass is 365 g/mol. The second-order valence-corrected chi connectivity index (χ2v) is 6.79. The zero-order chi connectivity index (χ0) is 18.7. The summed E-state index contributed by atoms with van der Waals surface area (Å²) in [5.74, 6) is 0.371. The van der Waals surface area contributed by atoms with Crippen molar-refractivity contribution >= 4 is 28.4 Å². The predicted molar refractivity (Wildman–Crippen MR) is 98.8 cm³/mol. The Morgan fingerprint density at radius 3 is 2.64 bits per heavy atom. The highest BCUT2D eigenvalue weighted by Gasteiger charge is 2.26. The second kappa shape index (κ2) is 7.97. The Bertz CT molecular complexity index is 832. The largest absolute Gasteiger partial charge is 0.383 e. The third-order valence-electron chi connectivity index (χ3n) is 4.23. The zero-order valence-corrected chi connectivity index (χ0v) is 16.0. The van der Waals surface area contributed by atoms with Gasteiger partial charge in [0.05, 0.1) is 23.6 Å². The van der Waals surface area contributed by atoms with Crippen LogP contribution in [0.5, 0.6) is 0 Å². The van der Waals surface area contributed by atoms with E-state index in [2.05, 4.69) is 4.98 Å². The first kappa shape index (κ1) is 19.4. The van der Waals surface area contributed by atoms with Crippen molar-refractivity contribution in [2.45, 2.75) is 26.8 Å². The number of aromatic nitrogens is 2. The first-order chi connectivity index (χ1) is 11.8. The van der Waals surface area contributed by atoms with E-state index in [1.807, 2.05) is 20.8 Å². The molecule has 0 spiro atoms. The number of hydrogen-bond acceptors (Lipinski definition) is 4. The lowest BCUT2D eigenvalue weighted by molar-refractivity contribution is -0.137. The Morgan fingerprint density at radius 2 is 2.04 bits per heavy atom. The number of amides is 1. The molecule has 136 valence electrons. The molecule has 2 aromatic rings. The SMILES string of the molecule is COCCN(C(=O)C(C)C)C(C)c1nc2ccc(Cl)cc2c(=O)n1C. The zero-order valence-electron chi connectivity index (χ0n) is 15.2. The van der Waals surface area contributed by atoms with Gasteiger partial charge >= 0.3 is 0 Å². The number of carbonyl (C=O) groups is 1. The number of ether oxygens (including phenoxy) is 1. The molecular weight excluding hydrogens is 342 g/mol. The molecule has 0 saturated heterocycles. The Labute approximate surface area is 152 Å². The van der Waals surface area contributed by atoms with Crippen molar-refractivity contribution in [2.24, 2.45) is 13.0 Å². The Kier molecular flexibility index (Phi) is 6.19. The molecule has 0 aliphatic heterocycles. The Hall–Kier alpha value is -1.92. The minimum Gasteiger partial charge on any atom is -0.383 e. The Morgan fingerprint density at radius 1 is 1.36 bits per heavy atom. The van der Waals surface area contributed by atoms with E-state index in [-0.39, 0.29) is 23.4 Å². The summed E-state index contributed by atoms with van der Waals surface area (Å²) in [6, 6.07) is 4.68. The van der Waals surface area contributed by atoms with Crippen molar-refractivity contribution in [1.29, 1.82) is 0 Å². The first-order valence-corrected chi connectivity index (χ1v) is 8.61. The van der Waals surface area contributed by atoms with Crippen LogP contribution in [0.2, 0.25) is 5.02 Å². The molecule has 0 bridgehead atoms. The van der Waals surface area contributed by atoms with Gasteiger partial charge in [0.25, 0.3) is 5.56 Å². The van der Waals surface area contributed by atoms with Gasteiger partial charge in [0, 0.05) is 31.6 Å². The lowest BCUT2D eigenvalue weighted by Gasteiger charge is -2.31. The molecule has 1 atom stereocenters. The van der Waals surface area contributed by atoms with Gasteiger partial charge < -0.3 is 9.64 Å². The summed E-state index contributed by atoms with van der Waals surface area (Å²) in [6.07, 6.45) is 0. The van der Waals surface area contributed by atoms with Crippen LogP contribution >= 0.6 is 11.6 Å². The fourth-order valence-electron chi connectivity index (χ4n) is 2.79. The van der Waals surface area contributed by atoms with Gasteiger partial charge in [-0.3, -0.25) is 14.2 Å². The maximum Gasteiger partial charge on any atom is 0.261 e. The topological polar surface area (TPSA) is 64.4 Å². The van der Waals surface area contributed by atoms with Crippen molar-refractivity contribution in [3.05, 3.63) is 39.4 Å². The molecule has 1 aromatic heterocycles. The van der Waals surface area contributed by atoms with Crippen LogP contribution in [0.1, 0.15) is 32.6 Å². The molecule has 0 radical (unpaired) electrons. The number of methoxy groups -OCH3 is 1. The van der Waals surface area contributed by atoms with E-state index in [1.54, 1.807) is 37.3 Å². The average molecular weight is 366 g/mol. The normalized spacial score (nSPS) is 12.6. The van der Waals surface area contributed by atoms with Crippen LogP contribution in [0.3, 0.4) is 0 Å². The molecular formula is C18H24ClN3O3. The van der Waals surface area contributed by atoms with Gasteiger partial charge in [0.1, 0.15) is 5.82 Å². The summed E-state index contributed by atoms with van der Waals surface area (Å²) in [5, 5.41) is 0.952. The van der Waals surface area contributed by atoms with E-state index in [0.29, 0.717) is 34.9 Å². The molecule has 2 rings (SSSR count). The van der Waals surface area contributed by atoms with E-state index in [9.17, 15) is 9.59 Å². The van der Waals surface area contributed by atoms with E-state index in [1.165, 1.54) is 4.57 Å². The van der Waals surface area contributed by atoms with Gasteiger partial charge in [0.15, 0.2) is 0 Å². The maximum atomic E-state index is 12.7. The summed E-state index contributed by atoms with van der Waals surface area (Å²) in [6.45, 7) is 6.43. The molecule has 0 fully saturated rings. The van der Waals surface area contributed by atoms with Gasteiger partial charge in [-0.05, 0) is 25.1 Å². The molecule has 1 aromatic carbocycles. The van der Waals surface area contributed by atoms with Crippen LogP contribution in [-0.4, -0.2) is 40.6 Å². The lowest BCUT2D eigenvalue weighted by atomic mass is 10.1. The van der Waals surface area contributed by atoms with Gasteiger partial charge in [-0.15, -0.1) is 0 Å². The standard InChI is InChI=1S/C18H24ClN3O3/c1-11(2)17(23)22(8-9-25-5)12(3)16-20-15-7-6-13(19)10-14(15)18(24)21(16)4/h6-7,10-12H,8-9H2,1-5H3. The molecule has 25 heavy (non-hydrogen) atoms. The summed E-state index contributed by atoms with van der Waals surface area (Å²) < 4.78 is 6.61. The highest BCUT2D eigenvalue weighted by molar-refractivity contribution is 6.31. The number of fused-ring (bicyclic) bond motifs is 1. The third kappa shape index (κ3) is 4.02. The quantitative estimate of drug-likeness (QED) is 0.789. The summed E-state index contributed by atoms with van der Waals surface area (Å²) in [4.78, 5) is 31.6. The molecule has 1 heterocycles. The van der Waals surface area contributed by atoms with Crippen molar-refractivity contribution in [3.63, 3.8) is 0 Å². The minimum atomic E-state index is -0.358. The van der Waals surface area contributed by atoms with E-state index in [4.69, 9.17) is 16.3 Å². The average Bonchev–Trinajstić information content (AvgIpc) is 2.58. The molecule has 0 aliphatic rings. The summed E-state index contributed by atoms with van der Waals surface area (Å²) in [5.41, 5.74) is 0.385. The molecule has 7 heteroatoms. The number of hydrogen-bond donors (Lipinski definition) is 0. The van der Waals surface area contributed by atoms with Gasteiger partial charge in [-0.25, -0.2) is 4.98 Å².